The van der Waals surface area contributed by atoms with E-state index in [-0.39, 0.29) is 24.2 Å². The van der Waals surface area contributed by atoms with Crippen LogP contribution in [0.25, 0.3) is 0 Å². The number of aryl methyl sites for hydroxylation is 1. The molecule has 20 heavy (non-hydrogen) atoms. The van der Waals surface area contributed by atoms with E-state index in [1.54, 1.807) is 0 Å². The summed E-state index contributed by atoms with van der Waals surface area (Å²) in [4.78, 5) is 11.7. The van der Waals surface area contributed by atoms with Crippen molar-refractivity contribution in [2.45, 2.75) is 51.7 Å². The Bertz CT molecular complexity index is 491. The molecule has 1 unspecified atom stereocenters. The molecule has 1 amide bonds. The average molecular weight is 277 g/mol. The molecule has 0 aliphatic heterocycles. The number of ether oxygens (including phenoxy) is 1. The molecule has 0 spiro atoms. The molecule has 0 bridgehead atoms. The Hall–Kier alpha value is -1.55. The summed E-state index contributed by atoms with van der Waals surface area (Å²) >= 11 is 0. The van der Waals surface area contributed by atoms with Gasteiger partial charge in [-0.15, -0.1) is 0 Å². The van der Waals surface area contributed by atoms with Crippen LogP contribution in [-0.2, 0) is 11.2 Å². The molecular weight excluding hydrogens is 254 g/mol. The van der Waals surface area contributed by atoms with E-state index in [0.29, 0.717) is 5.75 Å². The minimum atomic E-state index is -0.364. The average Bonchev–Trinajstić information content (AvgIpc) is 2.34. The first-order chi connectivity index (χ1) is 9.35. The lowest BCUT2D eigenvalue weighted by molar-refractivity contribution is -0.124. The van der Waals surface area contributed by atoms with Crippen LogP contribution in [0.4, 0.5) is 0 Å². The molecule has 0 heterocycles. The van der Waals surface area contributed by atoms with Crippen LogP contribution in [0.2, 0.25) is 0 Å². The zero-order valence-electron chi connectivity index (χ0n) is 12.4. The first kappa shape index (κ1) is 14.9. The van der Waals surface area contributed by atoms with Crippen molar-refractivity contribution in [3.63, 3.8) is 0 Å². The second-order valence-corrected chi connectivity index (χ2v) is 6.36. The number of hydrogen-bond donors (Lipinski definition) is 2. The van der Waals surface area contributed by atoms with Crippen LogP contribution in [0.1, 0.15) is 50.8 Å². The Morgan fingerprint density at radius 1 is 1.45 bits per heavy atom. The predicted octanol–water partition coefficient (Wildman–Crippen LogP) is 2.35. The summed E-state index contributed by atoms with van der Waals surface area (Å²) in [5, 5.41) is 12.7. The van der Waals surface area contributed by atoms with Gasteiger partial charge in [0.25, 0.3) is 5.91 Å². The summed E-state index contributed by atoms with van der Waals surface area (Å²) in [7, 11) is 0. The first-order valence-corrected chi connectivity index (χ1v) is 7.10. The van der Waals surface area contributed by atoms with Crippen LogP contribution in [0.3, 0.4) is 0 Å². The van der Waals surface area contributed by atoms with Gasteiger partial charge in [0.15, 0.2) is 6.61 Å². The Morgan fingerprint density at radius 2 is 2.20 bits per heavy atom. The maximum Gasteiger partial charge on any atom is 0.258 e. The van der Waals surface area contributed by atoms with Gasteiger partial charge in [-0.3, -0.25) is 4.79 Å². The van der Waals surface area contributed by atoms with Gasteiger partial charge in [0.05, 0.1) is 6.10 Å². The Kier molecular flexibility index (Phi) is 4.33. The zero-order chi connectivity index (χ0) is 14.8. The van der Waals surface area contributed by atoms with Crippen molar-refractivity contribution in [1.82, 2.24) is 5.32 Å². The Morgan fingerprint density at radius 3 is 2.90 bits per heavy atom. The highest BCUT2D eigenvalue weighted by atomic mass is 16.5. The van der Waals surface area contributed by atoms with Crippen LogP contribution < -0.4 is 10.1 Å². The van der Waals surface area contributed by atoms with Gasteiger partial charge in [0.1, 0.15) is 5.75 Å². The number of carbonyl (C=O) groups excluding carboxylic acids is 1. The number of aliphatic hydroxyl groups excluding tert-OH is 1. The fourth-order valence-corrected chi connectivity index (χ4v) is 2.46. The molecule has 4 heteroatoms. The lowest BCUT2D eigenvalue weighted by atomic mass is 9.89. The molecule has 1 aliphatic carbocycles. The lowest BCUT2D eigenvalue weighted by Crippen LogP contribution is -2.43. The molecule has 2 rings (SSSR count). The summed E-state index contributed by atoms with van der Waals surface area (Å²) < 4.78 is 5.52. The molecule has 0 saturated carbocycles. The first-order valence-electron chi connectivity index (χ1n) is 7.10. The van der Waals surface area contributed by atoms with Crippen LogP contribution in [0.5, 0.6) is 5.75 Å². The van der Waals surface area contributed by atoms with Crippen molar-refractivity contribution < 1.29 is 14.6 Å². The minimum Gasteiger partial charge on any atom is -0.484 e. The van der Waals surface area contributed by atoms with E-state index in [4.69, 9.17) is 4.74 Å². The molecular formula is C16H23NO3. The highest BCUT2D eigenvalue weighted by molar-refractivity contribution is 5.78. The molecule has 0 fully saturated rings. The fourth-order valence-electron chi connectivity index (χ4n) is 2.46. The predicted molar refractivity (Wildman–Crippen MR) is 77.7 cm³/mol. The van der Waals surface area contributed by atoms with Crippen LogP contribution in [-0.4, -0.2) is 23.2 Å². The molecule has 0 saturated heterocycles. The van der Waals surface area contributed by atoms with E-state index >= 15 is 0 Å². The minimum absolute atomic E-state index is 0.0125. The van der Waals surface area contributed by atoms with Gasteiger partial charge >= 0.3 is 0 Å². The number of amides is 1. The fraction of sp³-hybridized carbons (Fsp3) is 0.562. The van der Waals surface area contributed by atoms with E-state index in [1.165, 1.54) is 0 Å². The van der Waals surface area contributed by atoms with Crippen molar-refractivity contribution in [1.29, 1.82) is 0 Å². The van der Waals surface area contributed by atoms with Crippen molar-refractivity contribution >= 4 is 5.91 Å². The smallest absolute Gasteiger partial charge is 0.258 e. The van der Waals surface area contributed by atoms with E-state index in [1.807, 2.05) is 39.0 Å². The summed E-state index contributed by atoms with van der Waals surface area (Å²) in [6.07, 6.45) is 2.40. The third-order valence-corrected chi connectivity index (χ3v) is 3.28. The third kappa shape index (κ3) is 3.97. The molecule has 2 N–H and O–H groups in total. The van der Waals surface area contributed by atoms with Gasteiger partial charge in [0.2, 0.25) is 0 Å². The number of aliphatic hydroxyl groups is 1. The second-order valence-electron chi connectivity index (χ2n) is 6.36. The van der Waals surface area contributed by atoms with Gasteiger partial charge in [0, 0.05) is 5.54 Å². The summed E-state index contributed by atoms with van der Waals surface area (Å²) in [5.41, 5.74) is 1.86. The second kappa shape index (κ2) is 5.83. The molecule has 4 nitrogen and oxygen atoms in total. The quantitative estimate of drug-likeness (QED) is 0.891. The normalized spacial score (nSPS) is 18.3. The molecule has 0 aromatic heterocycles. The summed E-state index contributed by atoms with van der Waals surface area (Å²) in [6.45, 7) is 5.82. The molecule has 1 aliphatic rings. The molecule has 1 atom stereocenters. The topological polar surface area (TPSA) is 58.6 Å². The lowest BCUT2D eigenvalue weighted by Gasteiger charge is -2.22. The van der Waals surface area contributed by atoms with E-state index in [2.05, 4.69) is 5.32 Å². The van der Waals surface area contributed by atoms with E-state index < -0.39 is 0 Å². The van der Waals surface area contributed by atoms with Gasteiger partial charge in [-0.1, -0.05) is 6.07 Å². The van der Waals surface area contributed by atoms with Crippen molar-refractivity contribution in [2.75, 3.05) is 6.61 Å². The van der Waals surface area contributed by atoms with Gasteiger partial charge in [-0.05, 0) is 63.3 Å². The largest absolute Gasteiger partial charge is 0.484 e. The van der Waals surface area contributed by atoms with Crippen LogP contribution in [0.15, 0.2) is 18.2 Å². The number of fused-ring (bicyclic) bond motifs is 1. The van der Waals surface area contributed by atoms with Crippen molar-refractivity contribution in [2.24, 2.45) is 0 Å². The van der Waals surface area contributed by atoms with Gasteiger partial charge < -0.3 is 15.2 Å². The number of benzene rings is 1. The molecule has 110 valence electrons. The number of hydrogen-bond acceptors (Lipinski definition) is 3. The Balaban J connectivity index is 1.96. The molecule has 1 aromatic carbocycles. The van der Waals surface area contributed by atoms with Crippen LogP contribution >= 0.6 is 0 Å². The standard InChI is InChI=1S/C16H23NO3/c1-16(2,3)17-15(19)10-20-12-7-8-13-11(9-12)5-4-6-14(13)18/h7-9,14,18H,4-6,10H2,1-3H3,(H,17,19). The highest BCUT2D eigenvalue weighted by Crippen LogP contribution is 2.31. The van der Waals surface area contributed by atoms with Crippen LogP contribution in [0, 0.1) is 0 Å². The Labute approximate surface area is 120 Å². The number of carbonyl (C=O) groups is 1. The van der Waals surface area contributed by atoms with Gasteiger partial charge in [-0.25, -0.2) is 0 Å². The summed E-state index contributed by atoms with van der Waals surface area (Å²) in [5.74, 6) is 0.553. The molecule has 1 aromatic rings. The monoisotopic (exact) mass is 277 g/mol. The van der Waals surface area contributed by atoms with Crippen molar-refractivity contribution in [3.05, 3.63) is 29.3 Å². The van der Waals surface area contributed by atoms with Gasteiger partial charge in [-0.2, -0.15) is 0 Å². The number of rotatable bonds is 3. The van der Waals surface area contributed by atoms with E-state index in [9.17, 15) is 9.90 Å². The van der Waals surface area contributed by atoms with Crippen molar-refractivity contribution in [3.8, 4) is 5.75 Å². The highest BCUT2D eigenvalue weighted by Gasteiger charge is 2.18. The van der Waals surface area contributed by atoms with E-state index in [0.717, 1.165) is 30.4 Å². The SMILES string of the molecule is CC(C)(C)NC(=O)COc1ccc2c(c1)CCCC2O. The number of nitrogens with one attached hydrogen (secondary N) is 1. The summed E-state index contributed by atoms with van der Waals surface area (Å²) in [6, 6.07) is 5.65. The zero-order valence-corrected chi connectivity index (χ0v) is 12.4. The maximum atomic E-state index is 11.7. The maximum absolute atomic E-state index is 11.7. The third-order valence-electron chi connectivity index (χ3n) is 3.28. The molecule has 0 radical (unpaired) electrons.